The van der Waals surface area contributed by atoms with Crippen molar-refractivity contribution in [1.82, 2.24) is 9.80 Å². The minimum Gasteiger partial charge on any atom is -0.355 e. The van der Waals surface area contributed by atoms with Crippen LogP contribution in [0.1, 0.15) is 12.0 Å². The van der Waals surface area contributed by atoms with Gasteiger partial charge in [0.1, 0.15) is 5.84 Å². The number of amidine groups is 1. The predicted molar refractivity (Wildman–Crippen MR) is 101 cm³/mol. The van der Waals surface area contributed by atoms with Gasteiger partial charge in [0.05, 0.1) is 11.4 Å². The van der Waals surface area contributed by atoms with E-state index in [0.717, 1.165) is 61.1 Å². The van der Waals surface area contributed by atoms with E-state index in [0.29, 0.717) is 5.02 Å². The van der Waals surface area contributed by atoms with Crippen molar-refractivity contribution in [3.63, 3.8) is 0 Å². The zero-order valence-electron chi connectivity index (χ0n) is 13.8. The molecule has 2 aromatic rings. The Hall–Kier alpha value is -2.04. The van der Waals surface area contributed by atoms with Gasteiger partial charge in [-0.15, -0.1) is 0 Å². The van der Waals surface area contributed by atoms with Gasteiger partial charge in [0.25, 0.3) is 0 Å². The van der Waals surface area contributed by atoms with E-state index >= 15 is 0 Å². The number of hydrogen-bond acceptors (Lipinski definition) is 4. The molecule has 0 radical (unpaired) electrons. The largest absolute Gasteiger partial charge is 0.355 e. The Labute approximate surface area is 147 Å². The van der Waals surface area contributed by atoms with Crippen LogP contribution in [0.25, 0.3) is 0 Å². The van der Waals surface area contributed by atoms with Crippen molar-refractivity contribution < 1.29 is 0 Å². The summed E-state index contributed by atoms with van der Waals surface area (Å²) in [6, 6.07) is 14.2. The molecule has 0 atom stereocenters. The molecule has 4 nitrogen and oxygen atoms in total. The molecule has 2 aliphatic heterocycles. The lowest BCUT2D eigenvalue weighted by Crippen LogP contribution is -2.35. The first-order valence-electron chi connectivity index (χ1n) is 8.39. The third-order valence-electron chi connectivity index (χ3n) is 4.64. The van der Waals surface area contributed by atoms with Gasteiger partial charge in [0.15, 0.2) is 0 Å². The van der Waals surface area contributed by atoms with Crippen molar-refractivity contribution in [2.45, 2.75) is 6.42 Å². The number of likely N-dealkylation sites (N-methyl/N-ethyl adjacent to an activating group) is 1. The molecule has 0 bridgehead atoms. The maximum absolute atomic E-state index is 6.20. The molecule has 1 N–H and O–H groups in total. The first-order valence-corrected chi connectivity index (χ1v) is 8.77. The molecule has 0 amide bonds. The van der Waals surface area contributed by atoms with Gasteiger partial charge in [-0.1, -0.05) is 23.7 Å². The third-order valence-corrected chi connectivity index (χ3v) is 4.88. The van der Waals surface area contributed by atoms with E-state index in [4.69, 9.17) is 16.6 Å². The molecular weight excluding hydrogens is 320 g/mol. The summed E-state index contributed by atoms with van der Waals surface area (Å²) in [7, 11) is 2.18. The number of rotatable bonds is 0. The van der Waals surface area contributed by atoms with Crippen LogP contribution in [0.4, 0.5) is 17.1 Å². The molecule has 2 aliphatic rings. The number of nitrogens with zero attached hydrogens (tertiary/aromatic N) is 3. The minimum absolute atomic E-state index is 0.709. The van der Waals surface area contributed by atoms with Crippen LogP contribution in [-0.2, 0) is 0 Å². The summed E-state index contributed by atoms with van der Waals surface area (Å²) < 4.78 is 0. The fourth-order valence-corrected chi connectivity index (χ4v) is 3.48. The number of nitrogens with one attached hydrogen (secondary N) is 1. The maximum Gasteiger partial charge on any atom is 0.138 e. The van der Waals surface area contributed by atoms with Gasteiger partial charge in [-0.2, -0.15) is 0 Å². The molecule has 0 unspecified atom stereocenters. The van der Waals surface area contributed by atoms with E-state index in [1.54, 1.807) is 0 Å². The van der Waals surface area contributed by atoms with Crippen LogP contribution in [0.3, 0.4) is 0 Å². The van der Waals surface area contributed by atoms with Crippen molar-refractivity contribution in [3.8, 4) is 0 Å². The molecule has 2 aromatic carbocycles. The van der Waals surface area contributed by atoms with E-state index in [2.05, 4.69) is 46.4 Å². The summed E-state index contributed by atoms with van der Waals surface area (Å²) in [5, 5.41) is 4.22. The lowest BCUT2D eigenvalue weighted by atomic mass is 10.1. The zero-order valence-corrected chi connectivity index (χ0v) is 14.6. The highest BCUT2D eigenvalue weighted by atomic mass is 35.5. The van der Waals surface area contributed by atoms with Gasteiger partial charge in [-0.3, -0.25) is 0 Å². The first kappa shape index (κ1) is 15.5. The Morgan fingerprint density at radius 2 is 1.88 bits per heavy atom. The third kappa shape index (κ3) is 2.99. The Balaban J connectivity index is 1.82. The molecular formula is C19H21ClN4. The average molecular weight is 341 g/mol. The highest BCUT2D eigenvalue weighted by Crippen LogP contribution is 2.36. The fourth-order valence-electron chi connectivity index (χ4n) is 3.31. The van der Waals surface area contributed by atoms with E-state index in [9.17, 15) is 0 Å². The molecule has 4 rings (SSSR count). The number of hydrogen-bond donors (Lipinski definition) is 1. The van der Waals surface area contributed by atoms with Gasteiger partial charge in [-0.05, 0) is 50.3 Å². The van der Waals surface area contributed by atoms with Crippen LogP contribution >= 0.6 is 11.6 Å². The molecule has 124 valence electrons. The molecule has 24 heavy (non-hydrogen) atoms. The summed E-state index contributed by atoms with van der Waals surface area (Å²) in [5.74, 6) is 1.04. The summed E-state index contributed by atoms with van der Waals surface area (Å²) in [6.07, 6.45) is 1.15. The van der Waals surface area contributed by atoms with Gasteiger partial charge >= 0.3 is 0 Å². The number of benzene rings is 2. The molecule has 0 aliphatic carbocycles. The van der Waals surface area contributed by atoms with Crippen LogP contribution in [-0.4, -0.2) is 48.9 Å². The van der Waals surface area contributed by atoms with Gasteiger partial charge < -0.3 is 15.1 Å². The number of aliphatic imine (C=N–C) groups is 1. The maximum atomic E-state index is 6.20. The smallest absolute Gasteiger partial charge is 0.138 e. The summed E-state index contributed by atoms with van der Waals surface area (Å²) in [6.45, 7) is 4.19. The van der Waals surface area contributed by atoms with Crippen LogP contribution in [0.2, 0.25) is 5.02 Å². The standard InChI is InChI=1S/C19H21ClN4/c1-23-9-4-10-24(12-11-23)19-15-5-2-3-6-16(15)21-17-8-7-14(20)13-18(17)22-19/h2-3,5-8,13,21H,4,9-12H2,1H3. The first-order chi connectivity index (χ1) is 11.7. The molecule has 0 spiro atoms. The summed E-state index contributed by atoms with van der Waals surface area (Å²) in [4.78, 5) is 9.79. The van der Waals surface area contributed by atoms with Crippen molar-refractivity contribution in [2.24, 2.45) is 4.99 Å². The highest BCUT2D eigenvalue weighted by molar-refractivity contribution is 6.31. The molecule has 5 heteroatoms. The van der Waals surface area contributed by atoms with Gasteiger partial charge in [-0.25, -0.2) is 4.99 Å². The second-order valence-electron chi connectivity index (χ2n) is 6.41. The summed E-state index contributed by atoms with van der Waals surface area (Å²) in [5.41, 5.74) is 4.13. The Morgan fingerprint density at radius 1 is 1.00 bits per heavy atom. The Morgan fingerprint density at radius 3 is 2.79 bits per heavy atom. The van der Waals surface area contributed by atoms with E-state index in [1.807, 2.05) is 18.2 Å². The van der Waals surface area contributed by atoms with E-state index in [-0.39, 0.29) is 0 Å². The quantitative estimate of drug-likeness (QED) is 0.783. The molecule has 0 saturated carbocycles. The fraction of sp³-hybridized carbons (Fsp3) is 0.316. The molecule has 2 heterocycles. The number of anilines is 2. The molecule has 0 aromatic heterocycles. The van der Waals surface area contributed by atoms with Gasteiger partial charge in [0.2, 0.25) is 0 Å². The molecule has 1 saturated heterocycles. The predicted octanol–water partition coefficient (Wildman–Crippen LogP) is 4.11. The Bertz CT molecular complexity index is 787. The van der Waals surface area contributed by atoms with Gasteiger partial charge in [0, 0.05) is 35.9 Å². The number of halogens is 1. The second kappa shape index (κ2) is 6.46. The Kier molecular flexibility index (Phi) is 4.17. The summed E-state index contributed by atoms with van der Waals surface area (Å²) >= 11 is 6.20. The molecule has 1 fully saturated rings. The lowest BCUT2D eigenvalue weighted by molar-refractivity contribution is 0.346. The minimum atomic E-state index is 0.709. The highest BCUT2D eigenvalue weighted by Gasteiger charge is 2.22. The lowest BCUT2D eigenvalue weighted by Gasteiger charge is -2.25. The van der Waals surface area contributed by atoms with E-state index < -0.39 is 0 Å². The van der Waals surface area contributed by atoms with Crippen molar-refractivity contribution in [3.05, 3.63) is 53.1 Å². The van der Waals surface area contributed by atoms with Crippen molar-refractivity contribution >= 4 is 34.5 Å². The van der Waals surface area contributed by atoms with Crippen LogP contribution in [0, 0.1) is 0 Å². The van der Waals surface area contributed by atoms with Crippen LogP contribution in [0.5, 0.6) is 0 Å². The van der Waals surface area contributed by atoms with Crippen molar-refractivity contribution in [1.29, 1.82) is 0 Å². The normalized spacial score (nSPS) is 17.9. The zero-order chi connectivity index (χ0) is 16.5. The number of fused-ring (bicyclic) bond motifs is 2. The second-order valence-corrected chi connectivity index (χ2v) is 6.85. The van der Waals surface area contributed by atoms with Crippen LogP contribution in [0.15, 0.2) is 47.5 Å². The average Bonchev–Trinajstić information content (AvgIpc) is 2.88. The number of para-hydroxylation sites is 1. The van der Waals surface area contributed by atoms with Crippen LogP contribution < -0.4 is 5.32 Å². The topological polar surface area (TPSA) is 30.9 Å². The van der Waals surface area contributed by atoms with Crippen molar-refractivity contribution in [2.75, 3.05) is 38.5 Å². The monoisotopic (exact) mass is 340 g/mol. The SMILES string of the molecule is CN1CCCN(C2=Nc3cc(Cl)ccc3Nc3ccccc32)CC1. The van der Waals surface area contributed by atoms with E-state index in [1.165, 1.54) is 0 Å².